The third kappa shape index (κ3) is 2.86. The number of rotatable bonds is 3. The average Bonchev–Trinajstić information content (AvgIpc) is 2.38. The minimum absolute atomic E-state index is 0.00946. The number of nitrogens with zero attached hydrogens (tertiary/aromatic N) is 1. The van der Waals surface area contributed by atoms with Gasteiger partial charge in [0, 0.05) is 12.7 Å². The van der Waals surface area contributed by atoms with Crippen molar-refractivity contribution in [1.82, 2.24) is 0 Å². The Hall–Kier alpha value is -2.05. The van der Waals surface area contributed by atoms with Crippen molar-refractivity contribution in [2.45, 2.75) is 4.90 Å². The first-order valence-electron chi connectivity index (χ1n) is 5.60. The summed E-state index contributed by atoms with van der Waals surface area (Å²) in [6, 6.07) is 14.1. The molecule has 2 aromatic rings. The maximum atomic E-state index is 11.2. The number of nitrogens with two attached hydrogens (primary N) is 2. The van der Waals surface area contributed by atoms with Crippen molar-refractivity contribution >= 4 is 27.1 Å². The van der Waals surface area contributed by atoms with Gasteiger partial charge in [0.05, 0.1) is 16.3 Å². The van der Waals surface area contributed by atoms with Crippen LogP contribution in [0.5, 0.6) is 0 Å². The van der Waals surface area contributed by atoms with Gasteiger partial charge >= 0.3 is 0 Å². The molecule has 6 heteroatoms. The van der Waals surface area contributed by atoms with E-state index in [0.717, 1.165) is 11.4 Å². The smallest absolute Gasteiger partial charge is 0.238 e. The molecular weight excluding hydrogens is 262 g/mol. The summed E-state index contributed by atoms with van der Waals surface area (Å²) in [4.78, 5) is 1.89. The van der Waals surface area contributed by atoms with Crippen LogP contribution >= 0.6 is 0 Å². The topological polar surface area (TPSA) is 89.4 Å². The number of sulfonamides is 1. The van der Waals surface area contributed by atoms with Crippen LogP contribution in [-0.4, -0.2) is 15.5 Å². The summed E-state index contributed by atoms with van der Waals surface area (Å²) in [7, 11) is -1.87. The summed E-state index contributed by atoms with van der Waals surface area (Å²) in [5.41, 5.74) is 7.93. The standard InChI is InChI=1S/C13H15N3O2S/c1-16(10-5-3-2-4-6-10)13-8-7-11(9-12(13)14)19(15,17)18/h2-9H,14H2,1H3,(H2,15,17,18). The molecule has 0 aliphatic heterocycles. The quantitative estimate of drug-likeness (QED) is 0.835. The highest BCUT2D eigenvalue weighted by molar-refractivity contribution is 7.89. The Kier molecular flexibility index (Phi) is 3.46. The van der Waals surface area contributed by atoms with Gasteiger partial charge in [0.25, 0.3) is 0 Å². The zero-order valence-electron chi connectivity index (χ0n) is 10.4. The second kappa shape index (κ2) is 4.91. The fraction of sp³-hybridized carbons (Fsp3) is 0.0769. The molecule has 0 aliphatic rings. The van der Waals surface area contributed by atoms with Crippen molar-refractivity contribution in [2.75, 3.05) is 17.7 Å². The number of anilines is 3. The van der Waals surface area contributed by atoms with Gasteiger partial charge in [-0.2, -0.15) is 0 Å². The lowest BCUT2D eigenvalue weighted by molar-refractivity contribution is 0.598. The molecule has 19 heavy (non-hydrogen) atoms. The van der Waals surface area contributed by atoms with Crippen LogP contribution < -0.4 is 15.8 Å². The second-order valence-corrected chi connectivity index (χ2v) is 5.72. The zero-order valence-corrected chi connectivity index (χ0v) is 11.3. The van der Waals surface area contributed by atoms with Crippen LogP contribution in [0.1, 0.15) is 0 Å². The Morgan fingerprint density at radius 3 is 2.21 bits per heavy atom. The van der Waals surface area contributed by atoms with Crippen molar-refractivity contribution in [1.29, 1.82) is 0 Å². The van der Waals surface area contributed by atoms with Crippen LogP contribution in [0.4, 0.5) is 17.1 Å². The Labute approximate surface area is 112 Å². The number of para-hydroxylation sites is 1. The Morgan fingerprint density at radius 2 is 1.68 bits per heavy atom. The summed E-state index contributed by atoms with van der Waals surface area (Å²) < 4.78 is 22.5. The summed E-state index contributed by atoms with van der Waals surface area (Å²) in [6.07, 6.45) is 0. The summed E-state index contributed by atoms with van der Waals surface area (Å²) in [6.45, 7) is 0. The first-order chi connectivity index (χ1) is 8.89. The van der Waals surface area contributed by atoms with E-state index in [9.17, 15) is 8.42 Å². The highest BCUT2D eigenvalue weighted by Crippen LogP contribution is 2.30. The molecular formula is C13H15N3O2S. The number of hydrogen-bond acceptors (Lipinski definition) is 4. The molecule has 0 amide bonds. The van der Waals surface area contributed by atoms with E-state index in [1.54, 1.807) is 6.07 Å². The van der Waals surface area contributed by atoms with Crippen LogP contribution in [0.3, 0.4) is 0 Å². The minimum Gasteiger partial charge on any atom is -0.397 e. The van der Waals surface area contributed by atoms with Crippen molar-refractivity contribution in [3.05, 3.63) is 48.5 Å². The molecule has 5 nitrogen and oxygen atoms in total. The predicted molar refractivity (Wildman–Crippen MR) is 76.7 cm³/mol. The van der Waals surface area contributed by atoms with Gasteiger partial charge in [-0.3, -0.25) is 0 Å². The SMILES string of the molecule is CN(c1ccccc1)c1ccc(S(N)(=O)=O)cc1N. The summed E-state index contributed by atoms with van der Waals surface area (Å²) in [5, 5.41) is 5.07. The molecule has 0 aromatic heterocycles. The van der Waals surface area contributed by atoms with Crippen LogP contribution in [0, 0.1) is 0 Å². The van der Waals surface area contributed by atoms with Gasteiger partial charge < -0.3 is 10.6 Å². The maximum absolute atomic E-state index is 11.2. The summed E-state index contributed by atoms with van der Waals surface area (Å²) in [5.74, 6) is 0. The molecule has 0 unspecified atom stereocenters. The molecule has 4 N–H and O–H groups in total. The summed E-state index contributed by atoms with van der Waals surface area (Å²) >= 11 is 0. The van der Waals surface area contributed by atoms with E-state index in [0.29, 0.717) is 5.69 Å². The van der Waals surface area contributed by atoms with Gasteiger partial charge in [0.1, 0.15) is 0 Å². The van der Waals surface area contributed by atoms with Gasteiger partial charge in [-0.1, -0.05) is 18.2 Å². The lowest BCUT2D eigenvalue weighted by Gasteiger charge is -2.21. The Balaban J connectivity index is 2.42. The molecule has 0 radical (unpaired) electrons. The number of nitrogen functional groups attached to an aromatic ring is 1. The van der Waals surface area contributed by atoms with Crippen molar-refractivity contribution < 1.29 is 8.42 Å². The largest absolute Gasteiger partial charge is 0.397 e. The van der Waals surface area contributed by atoms with E-state index in [4.69, 9.17) is 10.9 Å². The molecule has 0 saturated carbocycles. The van der Waals surface area contributed by atoms with Crippen LogP contribution in [0.2, 0.25) is 0 Å². The average molecular weight is 277 g/mol. The van der Waals surface area contributed by atoms with Crippen molar-refractivity contribution in [3.63, 3.8) is 0 Å². The fourth-order valence-corrected chi connectivity index (χ4v) is 2.35. The molecule has 0 atom stereocenters. The van der Waals surface area contributed by atoms with Gasteiger partial charge in [-0.05, 0) is 30.3 Å². The molecule has 0 heterocycles. The normalized spacial score (nSPS) is 11.3. The monoisotopic (exact) mass is 277 g/mol. The molecule has 0 spiro atoms. The zero-order chi connectivity index (χ0) is 14.0. The lowest BCUT2D eigenvalue weighted by Crippen LogP contribution is -2.15. The minimum atomic E-state index is -3.73. The van der Waals surface area contributed by atoms with Gasteiger partial charge in [-0.25, -0.2) is 13.6 Å². The van der Waals surface area contributed by atoms with Gasteiger partial charge in [0.2, 0.25) is 10.0 Å². The molecule has 0 fully saturated rings. The number of primary sulfonamides is 1. The maximum Gasteiger partial charge on any atom is 0.238 e. The first-order valence-corrected chi connectivity index (χ1v) is 7.15. The first kappa shape index (κ1) is 13.4. The Morgan fingerprint density at radius 1 is 1.05 bits per heavy atom. The lowest BCUT2D eigenvalue weighted by atomic mass is 10.2. The van der Waals surface area contributed by atoms with E-state index >= 15 is 0 Å². The predicted octanol–water partition coefficient (Wildman–Crippen LogP) is 1.68. The third-order valence-electron chi connectivity index (χ3n) is 2.83. The molecule has 100 valence electrons. The number of hydrogen-bond donors (Lipinski definition) is 2. The van der Waals surface area contributed by atoms with Gasteiger partial charge in [0.15, 0.2) is 0 Å². The Bertz CT molecular complexity index is 684. The van der Waals surface area contributed by atoms with E-state index < -0.39 is 10.0 Å². The molecule has 0 bridgehead atoms. The van der Waals surface area contributed by atoms with E-state index in [1.165, 1.54) is 12.1 Å². The van der Waals surface area contributed by atoms with E-state index in [2.05, 4.69) is 0 Å². The van der Waals surface area contributed by atoms with Crippen molar-refractivity contribution in [2.24, 2.45) is 5.14 Å². The van der Waals surface area contributed by atoms with Crippen LogP contribution in [0.15, 0.2) is 53.4 Å². The van der Waals surface area contributed by atoms with Crippen molar-refractivity contribution in [3.8, 4) is 0 Å². The third-order valence-corrected chi connectivity index (χ3v) is 3.74. The number of benzene rings is 2. The fourth-order valence-electron chi connectivity index (χ4n) is 1.81. The molecule has 2 rings (SSSR count). The highest BCUT2D eigenvalue weighted by Gasteiger charge is 2.12. The van der Waals surface area contributed by atoms with Crippen LogP contribution in [-0.2, 0) is 10.0 Å². The molecule has 0 saturated heterocycles. The van der Waals surface area contributed by atoms with E-state index in [-0.39, 0.29) is 4.90 Å². The van der Waals surface area contributed by atoms with Gasteiger partial charge in [-0.15, -0.1) is 0 Å². The molecule has 2 aromatic carbocycles. The van der Waals surface area contributed by atoms with Crippen LogP contribution in [0.25, 0.3) is 0 Å². The molecule has 0 aliphatic carbocycles. The highest BCUT2D eigenvalue weighted by atomic mass is 32.2. The van der Waals surface area contributed by atoms with E-state index in [1.807, 2.05) is 42.3 Å². The second-order valence-electron chi connectivity index (χ2n) is 4.16.